The van der Waals surface area contributed by atoms with E-state index in [1.54, 1.807) is 6.92 Å². The summed E-state index contributed by atoms with van der Waals surface area (Å²) in [4.78, 5) is 10.9. The number of hydrogen-bond donors (Lipinski definition) is 1. The zero-order valence-electron chi connectivity index (χ0n) is 15.1. The van der Waals surface area contributed by atoms with E-state index in [1.165, 1.54) is 0 Å². The van der Waals surface area contributed by atoms with E-state index in [0.29, 0.717) is 29.2 Å². The average Bonchev–Trinajstić information content (AvgIpc) is 3.30. The van der Waals surface area contributed by atoms with Crippen LogP contribution in [0.2, 0.25) is 0 Å². The molecule has 144 valence electrons. The molecule has 1 fully saturated rings. The van der Waals surface area contributed by atoms with Crippen LogP contribution < -0.4 is 10.1 Å². The van der Waals surface area contributed by atoms with Gasteiger partial charge in [-0.15, -0.1) is 12.4 Å². The molecule has 0 bridgehead atoms. The molecule has 1 aromatic carbocycles. The molecule has 0 spiro atoms. The molecule has 1 unspecified atom stereocenters. The predicted molar refractivity (Wildman–Crippen MR) is 98.6 cm³/mol. The van der Waals surface area contributed by atoms with Gasteiger partial charge >= 0.3 is 0 Å². The fraction of sp³-hybridized carbons (Fsp3) is 0.412. The Kier molecular flexibility index (Phi) is 6.04. The molecular formula is C17H21ClN6O3. The van der Waals surface area contributed by atoms with Crippen molar-refractivity contribution in [3.05, 3.63) is 41.8 Å². The number of halogens is 1. The average molecular weight is 393 g/mol. The third-order valence-electron chi connectivity index (χ3n) is 4.27. The fourth-order valence-corrected chi connectivity index (χ4v) is 2.85. The predicted octanol–water partition coefficient (Wildman–Crippen LogP) is 2.00. The van der Waals surface area contributed by atoms with Gasteiger partial charge in [0.25, 0.3) is 5.89 Å². The van der Waals surface area contributed by atoms with E-state index in [-0.39, 0.29) is 25.1 Å². The standard InChI is InChI=1S/C17H20N6O3.ClH/c1-11-19-15(21-25-11)10-24-13-5-3-4-12(8-13)17-20-16(22-26-17)14-9-18-6-7-23(14)2;/h3-5,8,14,18H,6-7,9-10H2,1-2H3;1H. The highest BCUT2D eigenvalue weighted by Crippen LogP contribution is 2.25. The first-order valence-electron chi connectivity index (χ1n) is 8.46. The van der Waals surface area contributed by atoms with E-state index in [4.69, 9.17) is 13.8 Å². The molecule has 1 saturated heterocycles. The van der Waals surface area contributed by atoms with Crippen molar-refractivity contribution in [2.24, 2.45) is 0 Å². The maximum absolute atomic E-state index is 5.71. The van der Waals surface area contributed by atoms with E-state index in [1.807, 2.05) is 24.3 Å². The van der Waals surface area contributed by atoms with Crippen molar-refractivity contribution >= 4 is 12.4 Å². The van der Waals surface area contributed by atoms with Gasteiger partial charge in [0.05, 0.1) is 6.04 Å². The zero-order chi connectivity index (χ0) is 17.9. The SMILES string of the molecule is Cc1nc(COc2cccc(-c3nc(C4CNCCN4C)no3)c2)no1.Cl. The van der Waals surface area contributed by atoms with Crippen LogP contribution in [0.4, 0.5) is 0 Å². The van der Waals surface area contributed by atoms with E-state index in [2.05, 4.69) is 37.5 Å². The first kappa shape index (κ1) is 19.3. The number of aromatic nitrogens is 4. The second-order valence-electron chi connectivity index (χ2n) is 6.20. The van der Waals surface area contributed by atoms with Gasteiger partial charge in [0, 0.05) is 32.1 Å². The summed E-state index contributed by atoms with van der Waals surface area (Å²) in [6.45, 7) is 4.70. The molecule has 0 amide bonds. The molecule has 0 saturated carbocycles. The Labute approximate surface area is 162 Å². The van der Waals surface area contributed by atoms with Gasteiger partial charge in [-0.3, -0.25) is 4.90 Å². The summed E-state index contributed by atoms with van der Waals surface area (Å²) < 4.78 is 16.1. The topological polar surface area (TPSA) is 102 Å². The summed E-state index contributed by atoms with van der Waals surface area (Å²) in [5.74, 6) is 2.84. The number of aryl methyl sites for hydroxylation is 1. The smallest absolute Gasteiger partial charge is 0.258 e. The molecule has 1 N–H and O–H groups in total. The summed E-state index contributed by atoms with van der Waals surface area (Å²) >= 11 is 0. The minimum atomic E-state index is 0. The molecule has 27 heavy (non-hydrogen) atoms. The third kappa shape index (κ3) is 4.44. The molecule has 1 aliphatic rings. The highest BCUT2D eigenvalue weighted by molar-refractivity contribution is 5.85. The van der Waals surface area contributed by atoms with Gasteiger partial charge in [-0.05, 0) is 25.2 Å². The Bertz CT molecular complexity index is 883. The van der Waals surface area contributed by atoms with Gasteiger partial charge in [-0.1, -0.05) is 16.4 Å². The summed E-state index contributed by atoms with van der Waals surface area (Å²) in [6, 6.07) is 7.61. The Morgan fingerprint density at radius 1 is 1.26 bits per heavy atom. The molecule has 2 aromatic heterocycles. The van der Waals surface area contributed by atoms with Crippen LogP contribution in [0.1, 0.15) is 23.6 Å². The maximum Gasteiger partial charge on any atom is 0.258 e. The number of benzene rings is 1. The molecule has 1 aliphatic heterocycles. The van der Waals surface area contributed by atoms with Crippen LogP contribution in [0.15, 0.2) is 33.3 Å². The second-order valence-corrected chi connectivity index (χ2v) is 6.20. The number of nitrogens with zero attached hydrogens (tertiary/aromatic N) is 5. The van der Waals surface area contributed by atoms with Gasteiger partial charge in [0.1, 0.15) is 5.75 Å². The summed E-state index contributed by atoms with van der Waals surface area (Å²) in [6.07, 6.45) is 0. The van der Waals surface area contributed by atoms with Crippen LogP contribution in [-0.2, 0) is 6.61 Å². The maximum atomic E-state index is 5.71. The van der Waals surface area contributed by atoms with Crippen LogP contribution >= 0.6 is 12.4 Å². The minimum absolute atomic E-state index is 0. The number of piperazine rings is 1. The van der Waals surface area contributed by atoms with Crippen molar-refractivity contribution in [1.29, 1.82) is 0 Å². The first-order valence-corrected chi connectivity index (χ1v) is 8.46. The number of nitrogens with one attached hydrogen (secondary N) is 1. The summed E-state index contributed by atoms with van der Waals surface area (Å²) in [5.41, 5.74) is 0.803. The van der Waals surface area contributed by atoms with E-state index in [0.717, 1.165) is 25.2 Å². The Hall–Kier alpha value is -2.49. The fourth-order valence-electron chi connectivity index (χ4n) is 2.85. The number of likely N-dealkylation sites (N-methyl/N-ethyl adjacent to an activating group) is 1. The molecule has 4 rings (SSSR count). The van der Waals surface area contributed by atoms with Gasteiger partial charge < -0.3 is 19.1 Å². The quantitative estimate of drug-likeness (QED) is 0.698. The Morgan fingerprint density at radius 3 is 2.93 bits per heavy atom. The van der Waals surface area contributed by atoms with Crippen LogP contribution in [0.3, 0.4) is 0 Å². The van der Waals surface area contributed by atoms with E-state index < -0.39 is 0 Å². The zero-order valence-corrected chi connectivity index (χ0v) is 15.9. The largest absolute Gasteiger partial charge is 0.485 e. The van der Waals surface area contributed by atoms with Crippen LogP contribution in [0.25, 0.3) is 11.5 Å². The van der Waals surface area contributed by atoms with Crippen LogP contribution in [-0.4, -0.2) is 51.9 Å². The van der Waals surface area contributed by atoms with E-state index in [9.17, 15) is 0 Å². The number of ether oxygens (including phenoxy) is 1. The summed E-state index contributed by atoms with van der Waals surface area (Å²) in [5, 5.41) is 11.3. The molecule has 10 heteroatoms. The van der Waals surface area contributed by atoms with Gasteiger partial charge in [-0.2, -0.15) is 9.97 Å². The van der Waals surface area contributed by atoms with Crippen molar-refractivity contribution in [3.63, 3.8) is 0 Å². The molecule has 9 nitrogen and oxygen atoms in total. The van der Waals surface area contributed by atoms with Crippen molar-refractivity contribution in [3.8, 4) is 17.2 Å². The lowest BCUT2D eigenvalue weighted by Crippen LogP contribution is -2.44. The molecule has 0 aliphatic carbocycles. The number of hydrogen-bond acceptors (Lipinski definition) is 9. The highest BCUT2D eigenvalue weighted by Gasteiger charge is 2.25. The first-order chi connectivity index (χ1) is 12.7. The monoisotopic (exact) mass is 392 g/mol. The Morgan fingerprint density at radius 2 is 2.15 bits per heavy atom. The molecule has 3 aromatic rings. The van der Waals surface area contributed by atoms with Gasteiger partial charge in [0.15, 0.2) is 12.4 Å². The molecule has 0 radical (unpaired) electrons. The van der Waals surface area contributed by atoms with Gasteiger partial charge in [0.2, 0.25) is 11.7 Å². The van der Waals surface area contributed by atoms with Crippen LogP contribution in [0.5, 0.6) is 5.75 Å². The van der Waals surface area contributed by atoms with Crippen molar-refractivity contribution in [2.75, 3.05) is 26.7 Å². The minimum Gasteiger partial charge on any atom is -0.485 e. The Balaban J connectivity index is 0.00000210. The lowest BCUT2D eigenvalue weighted by Gasteiger charge is -2.30. The lowest BCUT2D eigenvalue weighted by molar-refractivity contribution is 0.190. The van der Waals surface area contributed by atoms with Crippen molar-refractivity contribution in [1.82, 2.24) is 30.5 Å². The third-order valence-corrected chi connectivity index (χ3v) is 4.27. The second kappa shape index (κ2) is 8.47. The van der Waals surface area contributed by atoms with Gasteiger partial charge in [-0.25, -0.2) is 0 Å². The van der Waals surface area contributed by atoms with E-state index >= 15 is 0 Å². The normalized spacial score (nSPS) is 17.5. The lowest BCUT2D eigenvalue weighted by atomic mass is 10.2. The molecule has 3 heterocycles. The highest BCUT2D eigenvalue weighted by atomic mass is 35.5. The molecular weight excluding hydrogens is 372 g/mol. The molecule has 1 atom stereocenters. The summed E-state index contributed by atoms with van der Waals surface area (Å²) in [7, 11) is 2.07. The van der Waals surface area contributed by atoms with Crippen molar-refractivity contribution < 1.29 is 13.8 Å². The van der Waals surface area contributed by atoms with Crippen LogP contribution in [0, 0.1) is 6.92 Å². The number of rotatable bonds is 5. The van der Waals surface area contributed by atoms with Crippen molar-refractivity contribution in [2.45, 2.75) is 19.6 Å².